The van der Waals surface area contributed by atoms with Crippen molar-refractivity contribution in [2.45, 2.75) is 26.8 Å². The maximum Gasteiger partial charge on any atom is 0.224 e. The molecule has 0 atom stereocenters. The van der Waals surface area contributed by atoms with Gasteiger partial charge in [0.25, 0.3) is 0 Å². The summed E-state index contributed by atoms with van der Waals surface area (Å²) in [5, 5.41) is 7.90. The minimum absolute atomic E-state index is 0.00937. The first-order chi connectivity index (χ1) is 10.1. The zero-order valence-electron chi connectivity index (χ0n) is 12.1. The van der Waals surface area contributed by atoms with Crippen molar-refractivity contribution in [3.8, 4) is 0 Å². The lowest BCUT2D eigenvalue weighted by atomic mass is 10.1. The molecule has 1 aromatic carbocycles. The molecule has 3 aromatic rings. The van der Waals surface area contributed by atoms with E-state index in [0.717, 1.165) is 33.5 Å². The molecule has 5 nitrogen and oxygen atoms in total. The third kappa shape index (κ3) is 2.81. The van der Waals surface area contributed by atoms with Crippen LogP contribution in [0.3, 0.4) is 0 Å². The number of hydrogen-bond donors (Lipinski definition) is 2. The summed E-state index contributed by atoms with van der Waals surface area (Å²) in [5.74, 6) is 0.742. The Morgan fingerprint density at radius 1 is 1.33 bits per heavy atom. The van der Waals surface area contributed by atoms with Gasteiger partial charge in [0.1, 0.15) is 5.76 Å². The van der Waals surface area contributed by atoms with Crippen molar-refractivity contribution in [2.75, 3.05) is 0 Å². The fourth-order valence-electron chi connectivity index (χ4n) is 2.40. The van der Waals surface area contributed by atoms with Gasteiger partial charge in [-0.1, -0.05) is 11.2 Å². The van der Waals surface area contributed by atoms with Crippen LogP contribution >= 0.6 is 0 Å². The Balaban J connectivity index is 1.63. The second kappa shape index (κ2) is 5.44. The second-order valence-electron chi connectivity index (χ2n) is 5.16. The zero-order valence-corrected chi connectivity index (χ0v) is 12.1. The number of rotatable bonds is 4. The van der Waals surface area contributed by atoms with Crippen molar-refractivity contribution in [1.29, 1.82) is 0 Å². The Morgan fingerprint density at radius 3 is 2.95 bits per heavy atom. The third-order valence-corrected chi connectivity index (χ3v) is 3.63. The molecule has 2 N–H and O–H groups in total. The van der Waals surface area contributed by atoms with E-state index in [1.54, 1.807) is 0 Å². The first-order valence-electron chi connectivity index (χ1n) is 6.88. The lowest BCUT2D eigenvalue weighted by Crippen LogP contribution is -2.25. The maximum absolute atomic E-state index is 12.0. The van der Waals surface area contributed by atoms with Gasteiger partial charge in [0, 0.05) is 23.8 Å². The fraction of sp³-hybridized carbons (Fsp3) is 0.250. The molecule has 1 amide bonds. The van der Waals surface area contributed by atoms with Gasteiger partial charge in [-0.05, 0) is 43.0 Å². The summed E-state index contributed by atoms with van der Waals surface area (Å²) in [4.78, 5) is 15.2. The number of aryl methyl sites for hydroxylation is 2. The van der Waals surface area contributed by atoms with E-state index in [4.69, 9.17) is 4.52 Å². The summed E-state index contributed by atoms with van der Waals surface area (Å²) in [7, 11) is 0. The number of amides is 1. The molecule has 0 radical (unpaired) electrons. The predicted octanol–water partition coefficient (Wildman–Crippen LogP) is 2.63. The van der Waals surface area contributed by atoms with Crippen molar-refractivity contribution < 1.29 is 9.32 Å². The number of hydrogen-bond acceptors (Lipinski definition) is 3. The number of H-pyrrole nitrogens is 1. The second-order valence-corrected chi connectivity index (χ2v) is 5.16. The Bertz CT molecular complexity index is 766. The minimum Gasteiger partial charge on any atom is -0.361 e. The standard InChI is InChI=1S/C16H17N3O2/c1-10-14(11(2)21-19-10)9-18-16(20)8-12-3-4-15-13(7-12)5-6-17-15/h3-7,17H,8-9H2,1-2H3,(H,18,20). The van der Waals surface area contributed by atoms with Crippen molar-refractivity contribution in [2.24, 2.45) is 0 Å². The van der Waals surface area contributed by atoms with Crippen LogP contribution in [0.15, 0.2) is 35.0 Å². The van der Waals surface area contributed by atoms with E-state index in [1.165, 1.54) is 0 Å². The van der Waals surface area contributed by atoms with Crippen molar-refractivity contribution in [1.82, 2.24) is 15.5 Å². The Hall–Kier alpha value is -2.56. The van der Waals surface area contributed by atoms with Crippen LogP contribution in [0.4, 0.5) is 0 Å². The number of nitrogens with zero attached hydrogens (tertiary/aromatic N) is 1. The quantitative estimate of drug-likeness (QED) is 0.773. The highest BCUT2D eigenvalue weighted by atomic mass is 16.5. The molecule has 0 aliphatic carbocycles. The molecule has 21 heavy (non-hydrogen) atoms. The highest BCUT2D eigenvalue weighted by Crippen LogP contribution is 2.15. The summed E-state index contributed by atoms with van der Waals surface area (Å²) in [6, 6.07) is 7.99. The molecule has 0 aliphatic heterocycles. The molecule has 0 saturated heterocycles. The average molecular weight is 283 g/mol. The number of benzene rings is 1. The number of nitrogens with one attached hydrogen (secondary N) is 2. The molecule has 3 rings (SSSR count). The smallest absolute Gasteiger partial charge is 0.224 e. The van der Waals surface area contributed by atoms with E-state index in [2.05, 4.69) is 15.5 Å². The maximum atomic E-state index is 12.0. The lowest BCUT2D eigenvalue weighted by Gasteiger charge is -2.05. The van der Waals surface area contributed by atoms with Gasteiger partial charge >= 0.3 is 0 Å². The number of carbonyl (C=O) groups excluding carboxylic acids is 1. The molecule has 0 spiro atoms. The molecule has 0 bridgehead atoms. The first kappa shape index (κ1) is 13.4. The molecule has 2 heterocycles. The van der Waals surface area contributed by atoms with Crippen LogP contribution in [0.1, 0.15) is 22.6 Å². The van der Waals surface area contributed by atoms with Gasteiger partial charge in [-0.2, -0.15) is 0 Å². The normalized spacial score (nSPS) is 11.0. The van der Waals surface area contributed by atoms with Crippen molar-refractivity contribution in [3.63, 3.8) is 0 Å². The topological polar surface area (TPSA) is 70.9 Å². The van der Waals surface area contributed by atoms with Gasteiger partial charge in [0.15, 0.2) is 0 Å². The molecule has 5 heteroatoms. The zero-order chi connectivity index (χ0) is 14.8. The molecule has 0 fully saturated rings. The van der Waals surface area contributed by atoms with Crippen molar-refractivity contribution >= 4 is 16.8 Å². The van der Waals surface area contributed by atoms with Gasteiger partial charge < -0.3 is 14.8 Å². The van der Waals surface area contributed by atoms with Crippen LogP contribution in [0.25, 0.3) is 10.9 Å². The SMILES string of the molecule is Cc1noc(C)c1CNC(=O)Cc1ccc2[nH]ccc2c1. The van der Waals surface area contributed by atoms with Crippen LogP contribution in [-0.4, -0.2) is 16.0 Å². The molecule has 108 valence electrons. The Labute approximate surface area is 122 Å². The molecular formula is C16H17N3O2. The van der Waals surface area contributed by atoms with E-state index in [0.29, 0.717) is 13.0 Å². The summed E-state index contributed by atoms with van der Waals surface area (Å²) < 4.78 is 5.08. The molecule has 0 unspecified atom stereocenters. The van der Waals surface area contributed by atoms with Crippen LogP contribution in [0, 0.1) is 13.8 Å². The largest absolute Gasteiger partial charge is 0.361 e. The summed E-state index contributed by atoms with van der Waals surface area (Å²) in [5.41, 5.74) is 3.85. The van der Waals surface area contributed by atoms with Crippen molar-refractivity contribution in [3.05, 3.63) is 53.0 Å². The van der Waals surface area contributed by atoms with E-state index in [-0.39, 0.29) is 5.91 Å². The number of aromatic nitrogens is 2. The van der Waals surface area contributed by atoms with Gasteiger partial charge in [0.05, 0.1) is 12.1 Å². The van der Waals surface area contributed by atoms with Gasteiger partial charge in [-0.15, -0.1) is 0 Å². The van der Waals surface area contributed by atoms with Crippen LogP contribution < -0.4 is 5.32 Å². The van der Waals surface area contributed by atoms with Crippen LogP contribution in [-0.2, 0) is 17.8 Å². The fourth-order valence-corrected chi connectivity index (χ4v) is 2.40. The van der Waals surface area contributed by atoms with Crippen LogP contribution in [0.2, 0.25) is 0 Å². The van der Waals surface area contributed by atoms with Crippen LogP contribution in [0.5, 0.6) is 0 Å². The highest BCUT2D eigenvalue weighted by molar-refractivity contribution is 5.83. The predicted molar refractivity (Wildman–Crippen MR) is 79.8 cm³/mol. The van der Waals surface area contributed by atoms with Gasteiger partial charge in [-0.3, -0.25) is 4.79 Å². The number of fused-ring (bicyclic) bond motifs is 1. The number of aromatic amines is 1. The van der Waals surface area contributed by atoms with Gasteiger partial charge in [0.2, 0.25) is 5.91 Å². The summed E-state index contributed by atoms with van der Waals surface area (Å²) in [6.07, 6.45) is 2.26. The molecule has 2 aromatic heterocycles. The van der Waals surface area contributed by atoms with E-state index >= 15 is 0 Å². The van der Waals surface area contributed by atoms with E-state index in [1.807, 2.05) is 44.3 Å². The minimum atomic E-state index is -0.00937. The highest BCUT2D eigenvalue weighted by Gasteiger charge is 2.10. The Kier molecular flexibility index (Phi) is 3.48. The van der Waals surface area contributed by atoms with E-state index < -0.39 is 0 Å². The molecule has 0 aliphatic rings. The monoisotopic (exact) mass is 283 g/mol. The first-order valence-corrected chi connectivity index (χ1v) is 6.88. The average Bonchev–Trinajstić information content (AvgIpc) is 3.04. The summed E-state index contributed by atoms with van der Waals surface area (Å²) in [6.45, 7) is 4.17. The lowest BCUT2D eigenvalue weighted by molar-refractivity contribution is -0.120. The molecule has 0 saturated carbocycles. The van der Waals surface area contributed by atoms with E-state index in [9.17, 15) is 4.79 Å². The summed E-state index contributed by atoms with van der Waals surface area (Å²) >= 11 is 0. The number of carbonyl (C=O) groups is 1. The Morgan fingerprint density at radius 2 is 2.19 bits per heavy atom. The third-order valence-electron chi connectivity index (χ3n) is 3.63. The molecular weight excluding hydrogens is 266 g/mol. The van der Waals surface area contributed by atoms with Gasteiger partial charge in [-0.25, -0.2) is 0 Å².